The fourth-order valence-electron chi connectivity index (χ4n) is 3.78. The van der Waals surface area contributed by atoms with Crippen molar-refractivity contribution in [3.8, 4) is 11.1 Å². The van der Waals surface area contributed by atoms with Crippen LogP contribution in [-0.4, -0.2) is 82.2 Å². The van der Waals surface area contributed by atoms with Crippen LogP contribution in [0.4, 0.5) is 4.79 Å². The number of ether oxygens (including phenoxy) is 1. The Hall–Kier alpha value is -3.15. The largest absolute Gasteiger partial charge is 0.449 e. The number of alkyl carbamates (subject to hydrolysis) is 1. The van der Waals surface area contributed by atoms with Crippen molar-refractivity contribution in [3.05, 3.63) is 59.7 Å². The number of nitrogens with two attached hydrogens (primary N) is 1. The highest BCUT2D eigenvalue weighted by Crippen LogP contribution is 2.44. The third-order valence-electron chi connectivity index (χ3n) is 5.61. The van der Waals surface area contributed by atoms with Crippen LogP contribution < -0.4 is 11.1 Å². The third kappa shape index (κ3) is 5.27. The molecule has 0 bridgehead atoms. The summed E-state index contributed by atoms with van der Waals surface area (Å²) in [5.74, 6) is -2.56. The van der Waals surface area contributed by atoms with E-state index < -0.39 is 55.2 Å². The predicted molar refractivity (Wildman–Crippen MR) is 116 cm³/mol. The number of hydrogen-bond donors (Lipinski definition) is 6. The van der Waals surface area contributed by atoms with Gasteiger partial charge in [0.1, 0.15) is 31.0 Å². The number of carbonyl (C=O) groups excluding carboxylic acids is 3. The summed E-state index contributed by atoms with van der Waals surface area (Å²) >= 11 is 0. The fourth-order valence-corrected chi connectivity index (χ4v) is 3.78. The summed E-state index contributed by atoms with van der Waals surface area (Å²) in [4.78, 5) is 36.2. The number of rotatable bonds is 10. The zero-order valence-electron chi connectivity index (χ0n) is 17.6. The van der Waals surface area contributed by atoms with E-state index in [-0.39, 0.29) is 12.5 Å². The number of benzene rings is 2. The molecule has 0 saturated heterocycles. The van der Waals surface area contributed by atoms with E-state index in [9.17, 15) is 29.7 Å². The highest BCUT2D eigenvalue weighted by Gasteiger charge is 2.35. The van der Waals surface area contributed by atoms with Gasteiger partial charge in [-0.2, -0.15) is 0 Å². The van der Waals surface area contributed by atoms with E-state index in [4.69, 9.17) is 15.6 Å². The van der Waals surface area contributed by atoms with E-state index in [1.807, 2.05) is 48.5 Å². The molecular formula is C23H26N2O8. The molecule has 0 spiro atoms. The van der Waals surface area contributed by atoms with E-state index >= 15 is 0 Å². The molecule has 7 N–H and O–H groups in total. The molecule has 176 valence electrons. The highest BCUT2D eigenvalue weighted by atomic mass is 16.5. The molecule has 2 aromatic carbocycles. The molecule has 1 aliphatic carbocycles. The molecule has 10 nitrogen and oxygen atoms in total. The first-order chi connectivity index (χ1) is 15.8. The number of ketones is 2. The van der Waals surface area contributed by atoms with Crippen molar-refractivity contribution in [1.29, 1.82) is 0 Å². The summed E-state index contributed by atoms with van der Waals surface area (Å²) < 4.78 is 5.27. The molecule has 4 atom stereocenters. The van der Waals surface area contributed by atoms with Gasteiger partial charge in [-0.25, -0.2) is 4.79 Å². The van der Waals surface area contributed by atoms with Crippen LogP contribution in [0.2, 0.25) is 0 Å². The molecule has 0 aromatic heterocycles. The second-order valence-corrected chi connectivity index (χ2v) is 7.72. The lowest BCUT2D eigenvalue weighted by atomic mass is 9.97. The Morgan fingerprint density at radius 3 is 2.03 bits per heavy atom. The van der Waals surface area contributed by atoms with Gasteiger partial charge >= 0.3 is 6.09 Å². The standard InChI is InChI=1S/C23H26N2O8/c24-19(22(31)21(30)18(28)10-26)20(29)17(27)9-25-23(32)33-11-16-14-7-3-1-5-12(14)13-6-2-4-8-15(13)16/h1-8,16,18-19,21-22,26,28,30-31H,9-11,24H2,(H,25,32)/t18-,19-,21-,22-/m1/s1. The van der Waals surface area contributed by atoms with Gasteiger partial charge in [-0.05, 0) is 22.3 Å². The van der Waals surface area contributed by atoms with Crippen LogP contribution >= 0.6 is 0 Å². The van der Waals surface area contributed by atoms with Gasteiger partial charge in [0.25, 0.3) is 0 Å². The minimum Gasteiger partial charge on any atom is -0.449 e. The van der Waals surface area contributed by atoms with Gasteiger partial charge < -0.3 is 36.2 Å². The van der Waals surface area contributed by atoms with Gasteiger partial charge in [0.15, 0.2) is 0 Å². The van der Waals surface area contributed by atoms with Crippen molar-refractivity contribution in [2.24, 2.45) is 5.73 Å². The zero-order chi connectivity index (χ0) is 24.1. The number of fused-ring (bicyclic) bond motifs is 3. The van der Waals surface area contributed by atoms with Gasteiger partial charge in [-0.1, -0.05) is 48.5 Å². The van der Waals surface area contributed by atoms with Crippen LogP contribution in [0.15, 0.2) is 48.5 Å². The molecule has 0 saturated carbocycles. The summed E-state index contributed by atoms with van der Waals surface area (Å²) in [7, 11) is 0. The maximum absolute atomic E-state index is 12.1. The Morgan fingerprint density at radius 1 is 0.939 bits per heavy atom. The summed E-state index contributed by atoms with van der Waals surface area (Å²) in [5.41, 5.74) is 9.62. The lowest BCUT2D eigenvalue weighted by Gasteiger charge is -2.25. The number of Topliss-reactive ketones (excluding diaryl/α,β-unsaturated/α-hetero) is 2. The van der Waals surface area contributed by atoms with Crippen molar-refractivity contribution in [3.63, 3.8) is 0 Å². The minimum atomic E-state index is -1.99. The number of carbonyl (C=O) groups is 3. The highest BCUT2D eigenvalue weighted by molar-refractivity contribution is 6.40. The minimum absolute atomic E-state index is 0.0193. The molecule has 3 rings (SSSR count). The van der Waals surface area contributed by atoms with Gasteiger partial charge in [0, 0.05) is 5.92 Å². The first-order valence-electron chi connectivity index (χ1n) is 10.3. The molecule has 1 amide bonds. The predicted octanol–water partition coefficient (Wildman–Crippen LogP) is -0.934. The average Bonchev–Trinajstić information content (AvgIpc) is 3.17. The molecule has 2 aromatic rings. The fraction of sp³-hybridized carbons (Fsp3) is 0.348. The van der Waals surface area contributed by atoms with E-state index in [1.165, 1.54) is 0 Å². The van der Waals surface area contributed by atoms with Crippen molar-refractivity contribution in [2.75, 3.05) is 19.8 Å². The number of amides is 1. The number of nitrogens with one attached hydrogen (secondary N) is 1. The monoisotopic (exact) mass is 458 g/mol. The Labute approximate surface area is 189 Å². The first-order valence-corrected chi connectivity index (χ1v) is 10.3. The molecular weight excluding hydrogens is 432 g/mol. The lowest BCUT2D eigenvalue weighted by molar-refractivity contribution is -0.141. The smallest absolute Gasteiger partial charge is 0.407 e. The van der Waals surface area contributed by atoms with Crippen LogP contribution in [-0.2, 0) is 14.3 Å². The van der Waals surface area contributed by atoms with Crippen LogP contribution in [0.25, 0.3) is 11.1 Å². The summed E-state index contributed by atoms with van der Waals surface area (Å²) in [6.07, 6.45) is -6.58. The molecule has 10 heteroatoms. The van der Waals surface area contributed by atoms with E-state index in [0.717, 1.165) is 22.3 Å². The number of aliphatic hydroxyl groups excluding tert-OH is 4. The van der Waals surface area contributed by atoms with Gasteiger partial charge in [-0.15, -0.1) is 0 Å². The van der Waals surface area contributed by atoms with Crippen LogP contribution in [0.5, 0.6) is 0 Å². The maximum Gasteiger partial charge on any atom is 0.407 e. The van der Waals surface area contributed by atoms with E-state index in [0.29, 0.717) is 0 Å². The van der Waals surface area contributed by atoms with Gasteiger partial charge in [-0.3, -0.25) is 9.59 Å². The van der Waals surface area contributed by atoms with Crippen molar-refractivity contribution in [1.82, 2.24) is 5.32 Å². The maximum atomic E-state index is 12.1. The van der Waals surface area contributed by atoms with E-state index in [2.05, 4.69) is 5.32 Å². The molecule has 0 aliphatic heterocycles. The number of hydrogen-bond acceptors (Lipinski definition) is 9. The van der Waals surface area contributed by atoms with Crippen LogP contribution in [0.3, 0.4) is 0 Å². The summed E-state index contributed by atoms with van der Waals surface area (Å²) in [5, 5.41) is 39.7. The zero-order valence-corrected chi connectivity index (χ0v) is 17.6. The van der Waals surface area contributed by atoms with Crippen molar-refractivity contribution >= 4 is 17.7 Å². The van der Waals surface area contributed by atoms with Crippen LogP contribution in [0.1, 0.15) is 17.0 Å². The first kappa shape index (κ1) is 24.5. The quantitative estimate of drug-likeness (QED) is 0.245. The molecule has 33 heavy (non-hydrogen) atoms. The molecule has 0 radical (unpaired) electrons. The molecule has 0 heterocycles. The van der Waals surface area contributed by atoms with Gasteiger partial charge in [0.2, 0.25) is 11.6 Å². The lowest BCUT2D eigenvalue weighted by Crippen LogP contribution is -2.55. The van der Waals surface area contributed by atoms with Crippen molar-refractivity contribution in [2.45, 2.75) is 30.3 Å². The Morgan fingerprint density at radius 2 is 1.48 bits per heavy atom. The SMILES string of the molecule is N[C@H](C(=O)C(=O)CNC(=O)OCC1c2ccccc2-c2ccccc21)[C@@H](O)[C@H](O)[C@H](O)CO. The Balaban J connectivity index is 1.53. The second kappa shape index (κ2) is 10.6. The third-order valence-corrected chi connectivity index (χ3v) is 5.61. The Bertz CT molecular complexity index is 982. The summed E-state index contributed by atoms with van der Waals surface area (Å²) in [6.45, 7) is -1.59. The number of aliphatic hydroxyl groups is 4. The topological polar surface area (TPSA) is 179 Å². The van der Waals surface area contributed by atoms with E-state index in [1.54, 1.807) is 0 Å². The van der Waals surface area contributed by atoms with Crippen LogP contribution in [0, 0.1) is 0 Å². The van der Waals surface area contributed by atoms with Crippen molar-refractivity contribution < 1.29 is 39.5 Å². The average molecular weight is 458 g/mol. The molecule has 0 fully saturated rings. The van der Waals surface area contributed by atoms with Gasteiger partial charge in [0.05, 0.1) is 13.2 Å². The molecule has 0 unspecified atom stereocenters. The molecule has 1 aliphatic rings. The normalized spacial score (nSPS) is 16.2. The second-order valence-electron chi connectivity index (χ2n) is 7.72. The Kier molecular flexibility index (Phi) is 7.90. The summed E-state index contributed by atoms with van der Waals surface area (Å²) in [6, 6.07) is 13.7.